The Labute approximate surface area is 134 Å². The van der Waals surface area contributed by atoms with Gasteiger partial charge in [0.05, 0.1) is 17.7 Å². The number of pyridine rings is 1. The molecule has 0 amide bonds. The van der Waals surface area contributed by atoms with Crippen molar-refractivity contribution in [3.05, 3.63) is 70.9 Å². The fourth-order valence-electron chi connectivity index (χ4n) is 3.19. The van der Waals surface area contributed by atoms with Crippen LogP contribution in [-0.2, 0) is 0 Å². The molecule has 3 aromatic rings. The van der Waals surface area contributed by atoms with Gasteiger partial charge in [0.25, 0.3) is 0 Å². The van der Waals surface area contributed by atoms with Gasteiger partial charge in [-0.25, -0.2) is 9.98 Å². The highest BCUT2D eigenvalue weighted by atomic mass is 16.1. The summed E-state index contributed by atoms with van der Waals surface area (Å²) in [6, 6.07) is 16.3. The summed E-state index contributed by atoms with van der Waals surface area (Å²) in [7, 11) is 0. The average Bonchev–Trinajstić information content (AvgIpc) is 2.53. The molecule has 23 heavy (non-hydrogen) atoms. The summed E-state index contributed by atoms with van der Waals surface area (Å²) < 4.78 is 0. The van der Waals surface area contributed by atoms with Gasteiger partial charge < -0.3 is 0 Å². The van der Waals surface area contributed by atoms with Crippen molar-refractivity contribution in [2.75, 3.05) is 0 Å². The van der Waals surface area contributed by atoms with Crippen LogP contribution in [0.2, 0.25) is 0 Å². The number of hydrogen-bond acceptors (Lipinski definition) is 3. The summed E-state index contributed by atoms with van der Waals surface area (Å²) in [6.07, 6.45) is 0.330. The Morgan fingerprint density at radius 2 is 1.74 bits per heavy atom. The molecule has 4 rings (SSSR count). The van der Waals surface area contributed by atoms with Gasteiger partial charge in [-0.15, -0.1) is 0 Å². The molecule has 0 unspecified atom stereocenters. The summed E-state index contributed by atoms with van der Waals surface area (Å²) in [5.41, 5.74) is 4.30. The molecule has 0 aliphatic carbocycles. The number of aliphatic imine (C=N–C) groups is 1. The highest BCUT2D eigenvalue weighted by Gasteiger charge is 2.24. The van der Waals surface area contributed by atoms with Crippen LogP contribution in [0.25, 0.3) is 10.8 Å². The van der Waals surface area contributed by atoms with Gasteiger partial charge in [-0.2, -0.15) is 0 Å². The first-order chi connectivity index (χ1) is 11.1. The zero-order valence-corrected chi connectivity index (χ0v) is 13.1. The summed E-state index contributed by atoms with van der Waals surface area (Å²) >= 11 is 0. The Morgan fingerprint density at radius 3 is 2.57 bits per heavy atom. The monoisotopic (exact) mass is 300 g/mol. The Balaban J connectivity index is 1.88. The maximum absolute atomic E-state index is 12.5. The topological polar surface area (TPSA) is 42.3 Å². The summed E-state index contributed by atoms with van der Waals surface area (Å²) in [5, 5.41) is 2.34. The van der Waals surface area contributed by atoms with Crippen LogP contribution >= 0.6 is 0 Å². The van der Waals surface area contributed by atoms with Crippen molar-refractivity contribution in [2.45, 2.75) is 20.3 Å². The van der Waals surface area contributed by atoms with Crippen LogP contribution in [0, 0.1) is 13.8 Å². The molecule has 2 heterocycles. The van der Waals surface area contributed by atoms with Crippen molar-refractivity contribution in [2.24, 2.45) is 4.99 Å². The van der Waals surface area contributed by atoms with Gasteiger partial charge in [-0.3, -0.25) is 4.79 Å². The van der Waals surface area contributed by atoms with E-state index in [4.69, 9.17) is 0 Å². The van der Waals surface area contributed by atoms with E-state index in [2.05, 4.69) is 34.2 Å². The number of rotatable bonds is 1. The number of fused-ring (bicyclic) bond motifs is 2. The van der Waals surface area contributed by atoms with Gasteiger partial charge in [0, 0.05) is 5.69 Å². The van der Waals surface area contributed by atoms with E-state index in [0.717, 1.165) is 27.9 Å². The molecule has 2 aromatic carbocycles. The molecule has 3 heteroatoms. The molecule has 1 aromatic heterocycles. The van der Waals surface area contributed by atoms with Crippen molar-refractivity contribution in [1.29, 1.82) is 0 Å². The molecule has 0 N–H and O–H groups in total. The Hall–Kier alpha value is -2.81. The molecule has 0 atom stereocenters. The minimum absolute atomic E-state index is 0.100. The molecular formula is C20H16N2O. The van der Waals surface area contributed by atoms with Gasteiger partial charge in [-0.1, -0.05) is 36.4 Å². The Morgan fingerprint density at radius 1 is 0.957 bits per heavy atom. The van der Waals surface area contributed by atoms with Crippen LogP contribution < -0.4 is 0 Å². The molecule has 0 bridgehead atoms. The number of nitrogens with zero attached hydrogens (tertiary/aromatic N) is 2. The number of aromatic nitrogens is 1. The number of benzene rings is 2. The Kier molecular flexibility index (Phi) is 3.08. The lowest BCUT2D eigenvalue weighted by atomic mass is 9.94. The first-order valence-electron chi connectivity index (χ1n) is 7.70. The van der Waals surface area contributed by atoms with Crippen molar-refractivity contribution in [1.82, 2.24) is 4.98 Å². The first-order valence-corrected chi connectivity index (χ1v) is 7.70. The van der Waals surface area contributed by atoms with Crippen LogP contribution in [0.3, 0.4) is 0 Å². The van der Waals surface area contributed by atoms with Crippen molar-refractivity contribution in [3.63, 3.8) is 0 Å². The van der Waals surface area contributed by atoms with Crippen LogP contribution in [0.1, 0.15) is 33.6 Å². The molecule has 0 saturated carbocycles. The highest BCUT2D eigenvalue weighted by Crippen LogP contribution is 2.29. The lowest BCUT2D eigenvalue weighted by molar-refractivity contribution is 0.0999. The van der Waals surface area contributed by atoms with Crippen LogP contribution in [0.15, 0.2) is 53.5 Å². The van der Waals surface area contributed by atoms with Crippen molar-refractivity contribution >= 4 is 28.1 Å². The van der Waals surface area contributed by atoms with E-state index in [-0.39, 0.29) is 5.78 Å². The second-order valence-electron chi connectivity index (χ2n) is 6.00. The number of hydrogen-bond donors (Lipinski definition) is 0. The number of Topliss-reactive ketones (excluding diaryl/α,β-unsaturated/α-hetero) is 1. The minimum atomic E-state index is 0.100. The molecule has 0 saturated heterocycles. The molecule has 0 fully saturated rings. The SMILES string of the molecule is Cc1cc(C)c2c(n1)N=C(c1ccc3ccccc3c1)CC2=O. The van der Waals surface area contributed by atoms with E-state index in [1.54, 1.807) is 0 Å². The first kappa shape index (κ1) is 13.8. The standard InChI is InChI=1S/C20H16N2O/c1-12-9-13(2)21-20-19(12)18(23)11-17(22-20)16-8-7-14-5-3-4-6-15(14)10-16/h3-10H,11H2,1-2H3. The van der Waals surface area contributed by atoms with E-state index in [9.17, 15) is 4.79 Å². The van der Waals surface area contributed by atoms with Gasteiger partial charge in [0.2, 0.25) is 0 Å². The number of ketones is 1. The second kappa shape index (κ2) is 5.13. The van der Waals surface area contributed by atoms with Crippen LogP contribution in [0.4, 0.5) is 5.82 Å². The van der Waals surface area contributed by atoms with E-state index in [0.29, 0.717) is 17.8 Å². The zero-order valence-electron chi connectivity index (χ0n) is 13.1. The lowest BCUT2D eigenvalue weighted by Crippen LogP contribution is -2.16. The maximum atomic E-state index is 12.5. The summed E-state index contributed by atoms with van der Waals surface area (Å²) in [4.78, 5) is 21.7. The van der Waals surface area contributed by atoms with E-state index >= 15 is 0 Å². The molecule has 0 spiro atoms. The molecule has 0 radical (unpaired) electrons. The maximum Gasteiger partial charge on any atom is 0.172 e. The predicted octanol–water partition coefficient (Wildman–Crippen LogP) is 4.56. The van der Waals surface area contributed by atoms with Gasteiger partial charge in [0.15, 0.2) is 11.6 Å². The number of aryl methyl sites for hydroxylation is 2. The van der Waals surface area contributed by atoms with Crippen LogP contribution in [0.5, 0.6) is 0 Å². The highest BCUT2D eigenvalue weighted by molar-refractivity contribution is 6.21. The summed E-state index contributed by atoms with van der Waals surface area (Å²) in [5.74, 6) is 0.657. The van der Waals surface area contributed by atoms with E-state index in [1.165, 1.54) is 5.39 Å². The van der Waals surface area contributed by atoms with Gasteiger partial charge >= 0.3 is 0 Å². The molecule has 1 aliphatic rings. The minimum Gasteiger partial charge on any atom is -0.294 e. The third-order valence-corrected chi connectivity index (χ3v) is 4.26. The van der Waals surface area contributed by atoms with Gasteiger partial charge in [0.1, 0.15) is 0 Å². The molecule has 1 aliphatic heterocycles. The largest absolute Gasteiger partial charge is 0.294 e. The third-order valence-electron chi connectivity index (χ3n) is 4.26. The number of carbonyl (C=O) groups excluding carboxylic acids is 1. The smallest absolute Gasteiger partial charge is 0.172 e. The van der Waals surface area contributed by atoms with Crippen molar-refractivity contribution in [3.8, 4) is 0 Å². The Bertz CT molecular complexity index is 986. The fraction of sp³-hybridized carbons (Fsp3) is 0.150. The average molecular weight is 300 g/mol. The summed E-state index contributed by atoms with van der Waals surface area (Å²) in [6.45, 7) is 3.87. The third kappa shape index (κ3) is 2.34. The zero-order chi connectivity index (χ0) is 16.0. The molecule has 3 nitrogen and oxygen atoms in total. The second-order valence-corrected chi connectivity index (χ2v) is 6.00. The lowest BCUT2D eigenvalue weighted by Gasteiger charge is -2.17. The number of carbonyl (C=O) groups is 1. The molecule has 112 valence electrons. The quantitative estimate of drug-likeness (QED) is 0.661. The van der Waals surface area contributed by atoms with E-state index in [1.807, 2.05) is 38.1 Å². The van der Waals surface area contributed by atoms with E-state index < -0.39 is 0 Å². The molecular weight excluding hydrogens is 284 g/mol. The van der Waals surface area contributed by atoms with Crippen molar-refractivity contribution < 1.29 is 4.79 Å². The predicted molar refractivity (Wildman–Crippen MR) is 92.8 cm³/mol. The van der Waals surface area contributed by atoms with Crippen LogP contribution in [-0.4, -0.2) is 16.5 Å². The normalized spacial score (nSPS) is 13.8. The fourth-order valence-corrected chi connectivity index (χ4v) is 3.19. The van der Waals surface area contributed by atoms with Gasteiger partial charge in [-0.05, 0) is 47.9 Å².